The number of fused-ring (bicyclic) bond motifs is 1. The maximum absolute atomic E-state index is 4.40. The maximum Gasteiger partial charge on any atom is 0.152 e. The van der Waals surface area contributed by atoms with E-state index in [0.717, 1.165) is 32.6 Å². The molecular weight excluding hydrogens is 330 g/mol. The molecule has 0 unspecified atom stereocenters. The molecule has 0 amide bonds. The number of nitrogens with zero attached hydrogens (tertiary/aromatic N) is 3. The molecule has 0 aliphatic rings. The summed E-state index contributed by atoms with van der Waals surface area (Å²) in [4.78, 5) is 13.1. The highest BCUT2D eigenvalue weighted by molar-refractivity contribution is 9.10. The van der Waals surface area contributed by atoms with Crippen molar-refractivity contribution in [2.75, 3.05) is 17.7 Å². The smallest absolute Gasteiger partial charge is 0.152 e. The molecule has 0 saturated heterocycles. The molecule has 0 spiro atoms. The van der Waals surface area contributed by atoms with Crippen LogP contribution >= 0.6 is 15.9 Å². The summed E-state index contributed by atoms with van der Waals surface area (Å²) in [5.74, 6) is 0.755. The zero-order valence-electron chi connectivity index (χ0n) is 11.5. The Morgan fingerprint density at radius 1 is 1.14 bits per heavy atom. The van der Waals surface area contributed by atoms with Gasteiger partial charge in [-0.1, -0.05) is 0 Å². The van der Waals surface area contributed by atoms with E-state index in [1.165, 1.54) is 0 Å². The van der Waals surface area contributed by atoms with Gasteiger partial charge in [0.05, 0.1) is 12.2 Å². The van der Waals surface area contributed by atoms with Crippen LogP contribution in [0.3, 0.4) is 0 Å². The van der Waals surface area contributed by atoms with Gasteiger partial charge >= 0.3 is 0 Å². The highest BCUT2D eigenvalue weighted by atomic mass is 79.9. The highest BCUT2D eigenvalue weighted by Gasteiger charge is 2.07. The average Bonchev–Trinajstić information content (AvgIpc) is 2.55. The summed E-state index contributed by atoms with van der Waals surface area (Å²) in [6.45, 7) is 0.593. The van der Waals surface area contributed by atoms with Gasteiger partial charge in [0.25, 0.3) is 0 Å². The molecular formula is C15H14BrN5. The van der Waals surface area contributed by atoms with Crippen LogP contribution in [-0.2, 0) is 6.54 Å². The summed E-state index contributed by atoms with van der Waals surface area (Å²) in [6, 6.07) is 7.85. The summed E-state index contributed by atoms with van der Waals surface area (Å²) in [5.41, 5.74) is 2.82. The second-order valence-corrected chi connectivity index (χ2v) is 5.35. The third kappa shape index (κ3) is 2.95. The van der Waals surface area contributed by atoms with Gasteiger partial charge in [-0.25, -0.2) is 4.98 Å². The van der Waals surface area contributed by atoms with Gasteiger partial charge in [-0.3, -0.25) is 9.97 Å². The first kappa shape index (κ1) is 13.8. The molecule has 0 saturated carbocycles. The van der Waals surface area contributed by atoms with Crippen LogP contribution in [0, 0.1) is 0 Å². The van der Waals surface area contributed by atoms with Crippen molar-refractivity contribution >= 4 is 38.3 Å². The lowest BCUT2D eigenvalue weighted by Gasteiger charge is -2.09. The van der Waals surface area contributed by atoms with Gasteiger partial charge in [-0.15, -0.1) is 0 Å². The van der Waals surface area contributed by atoms with Crippen LogP contribution in [0.2, 0.25) is 0 Å². The Balaban J connectivity index is 1.87. The second kappa shape index (κ2) is 6.05. The molecule has 0 fully saturated rings. The van der Waals surface area contributed by atoms with E-state index in [1.807, 2.05) is 31.3 Å². The molecule has 3 aromatic rings. The predicted octanol–water partition coefficient (Wildman–Crippen LogP) is 3.44. The van der Waals surface area contributed by atoms with Gasteiger partial charge in [0.1, 0.15) is 5.52 Å². The molecule has 0 aliphatic heterocycles. The number of anilines is 2. The number of nitrogens with one attached hydrogen (secondary N) is 2. The minimum Gasteiger partial charge on any atom is -0.388 e. The predicted molar refractivity (Wildman–Crippen MR) is 88.3 cm³/mol. The number of hydrogen-bond acceptors (Lipinski definition) is 5. The van der Waals surface area contributed by atoms with Crippen molar-refractivity contribution in [1.82, 2.24) is 15.0 Å². The van der Waals surface area contributed by atoms with Gasteiger partial charge in [-0.2, -0.15) is 0 Å². The lowest BCUT2D eigenvalue weighted by molar-refractivity contribution is 1.03. The van der Waals surface area contributed by atoms with Crippen molar-refractivity contribution < 1.29 is 0 Å². The molecule has 3 aromatic heterocycles. The Hall–Kier alpha value is -2.21. The zero-order valence-corrected chi connectivity index (χ0v) is 13.1. The third-order valence-corrected chi connectivity index (χ3v) is 3.77. The minimum absolute atomic E-state index is 0.593. The van der Waals surface area contributed by atoms with Crippen LogP contribution in [-0.4, -0.2) is 22.0 Å². The average molecular weight is 344 g/mol. The molecule has 0 aliphatic carbocycles. The quantitative estimate of drug-likeness (QED) is 0.759. The molecule has 0 aromatic carbocycles. The summed E-state index contributed by atoms with van der Waals surface area (Å²) < 4.78 is 0.937. The van der Waals surface area contributed by atoms with Gasteiger partial charge in [0.15, 0.2) is 5.82 Å². The molecule has 21 heavy (non-hydrogen) atoms. The van der Waals surface area contributed by atoms with E-state index < -0.39 is 0 Å². The van der Waals surface area contributed by atoms with Crippen molar-refractivity contribution in [2.24, 2.45) is 0 Å². The van der Waals surface area contributed by atoms with E-state index >= 15 is 0 Å². The Bertz CT molecular complexity index is 775. The SMILES string of the molecule is CNc1ccnc(CNc2ncc(Br)c3cccnc23)c1. The number of rotatable bonds is 4. The minimum atomic E-state index is 0.593. The van der Waals surface area contributed by atoms with Gasteiger partial charge in [0.2, 0.25) is 0 Å². The first-order valence-electron chi connectivity index (χ1n) is 6.53. The topological polar surface area (TPSA) is 62.7 Å². The maximum atomic E-state index is 4.40. The van der Waals surface area contributed by atoms with E-state index in [0.29, 0.717) is 6.54 Å². The van der Waals surface area contributed by atoms with Gasteiger partial charge in [0, 0.05) is 41.2 Å². The van der Waals surface area contributed by atoms with E-state index in [2.05, 4.69) is 41.5 Å². The largest absolute Gasteiger partial charge is 0.388 e. The van der Waals surface area contributed by atoms with Crippen LogP contribution in [0.5, 0.6) is 0 Å². The van der Waals surface area contributed by atoms with Crippen molar-refractivity contribution in [3.05, 3.63) is 53.0 Å². The molecule has 6 heteroatoms. The van der Waals surface area contributed by atoms with Crippen LogP contribution < -0.4 is 10.6 Å². The van der Waals surface area contributed by atoms with Crippen molar-refractivity contribution in [3.8, 4) is 0 Å². The van der Waals surface area contributed by atoms with E-state index in [-0.39, 0.29) is 0 Å². The first-order chi connectivity index (χ1) is 10.3. The van der Waals surface area contributed by atoms with Crippen molar-refractivity contribution in [3.63, 3.8) is 0 Å². The molecule has 2 N–H and O–H groups in total. The number of hydrogen-bond donors (Lipinski definition) is 2. The Kier molecular flexibility index (Phi) is 3.96. The van der Waals surface area contributed by atoms with Crippen molar-refractivity contribution in [1.29, 1.82) is 0 Å². The zero-order chi connectivity index (χ0) is 14.7. The number of halogens is 1. The standard InChI is InChI=1S/C15H14BrN5/c1-17-10-4-6-18-11(7-10)8-20-15-14-12(3-2-5-19-14)13(16)9-21-15/h2-7,9H,8H2,1H3,(H,17,18)(H,20,21). The number of aromatic nitrogens is 3. The third-order valence-electron chi connectivity index (χ3n) is 3.14. The monoisotopic (exact) mass is 343 g/mol. The fourth-order valence-corrected chi connectivity index (χ4v) is 2.49. The molecule has 0 bridgehead atoms. The first-order valence-corrected chi connectivity index (χ1v) is 7.33. The number of pyridine rings is 3. The van der Waals surface area contributed by atoms with Crippen molar-refractivity contribution in [2.45, 2.75) is 6.54 Å². The van der Waals surface area contributed by atoms with E-state index in [1.54, 1.807) is 18.6 Å². The van der Waals surface area contributed by atoms with E-state index in [4.69, 9.17) is 0 Å². The lowest BCUT2D eigenvalue weighted by atomic mass is 10.2. The fourth-order valence-electron chi connectivity index (χ4n) is 2.07. The Morgan fingerprint density at radius 3 is 2.90 bits per heavy atom. The lowest BCUT2D eigenvalue weighted by Crippen LogP contribution is -2.05. The molecule has 3 rings (SSSR count). The summed E-state index contributed by atoms with van der Waals surface area (Å²) in [5, 5.41) is 7.43. The van der Waals surface area contributed by atoms with Crippen LogP contribution in [0.25, 0.3) is 10.9 Å². The van der Waals surface area contributed by atoms with Crippen LogP contribution in [0.15, 0.2) is 47.3 Å². The molecule has 0 radical (unpaired) electrons. The summed E-state index contributed by atoms with van der Waals surface area (Å²) in [7, 11) is 1.89. The normalized spacial score (nSPS) is 10.6. The molecule has 3 heterocycles. The van der Waals surface area contributed by atoms with Crippen LogP contribution in [0.4, 0.5) is 11.5 Å². The van der Waals surface area contributed by atoms with E-state index in [9.17, 15) is 0 Å². The molecule has 106 valence electrons. The van der Waals surface area contributed by atoms with Gasteiger partial charge in [-0.05, 0) is 40.2 Å². The Morgan fingerprint density at radius 2 is 2.05 bits per heavy atom. The molecule has 0 atom stereocenters. The molecule has 5 nitrogen and oxygen atoms in total. The van der Waals surface area contributed by atoms with Crippen LogP contribution in [0.1, 0.15) is 5.69 Å². The Labute approximate surface area is 131 Å². The summed E-state index contributed by atoms with van der Waals surface area (Å²) in [6.07, 6.45) is 5.33. The van der Waals surface area contributed by atoms with Gasteiger partial charge < -0.3 is 10.6 Å². The second-order valence-electron chi connectivity index (χ2n) is 4.49. The summed E-state index contributed by atoms with van der Waals surface area (Å²) >= 11 is 3.50. The fraction of sp³-hybridized carbons (Fsp3) is 0.133. The highest BCUT2D eigenvalue weighted by Crippen LogP contribution is 2.26.